The molecule has 3 rings (SSSR count). The Morgan fingerprint density at radius 1 is 1.35 bits per heavy atom. The van der Waals surface area contributed by atoms with Crippen LogP contribution in [0, 0.1) is 0 Å². The van der Waals surface area contributed by atoms with E-state index in [0.717, 1.165) is 25.7 Å². The van der Waals surface area contributed by atoms with Crippen molar-refractivity contribution in [2.24, 2.45) is 0 Å². The van der Waals surface area contributed by atoms with Crippen molar-refractivity contribution >= 4 is 17.6 Å². The van der Waals surface area contributed by atoms with Gasteiger partial charge in [0.2, 0.25) is 5.79 Å². The van der Waals surface area contributed by atoms with Gasteiger partial charge in [-0.15, -0.1) is 0 Å². The maximum atomic E-state index is 11.9. The van der Waals surface area contributed by atoms with Crippen molar-refractivity contribution < 1.29 is 14.3 Å². The van der Waals surface area contributed by atoms with Gasteiger partial charge in [0.25, 0.3) is 0 Å². The molecule has 0 amide bonds. The summed E-state index contributed by atoms with van der Waals surface area (Å²) in [7, 11) is 0. The normalized spacial score (nSPS) is 30.5. The van der Waals surface area contributed by atoms with Crippen molar-refractivity contribution in [1.29, 1.82) is 0 Å². The first-order valence-electron chi connectivity index (χ1n) is 5.86. The molecule has 0 radical (unpaired) electrons. The molecule has 90 valence electrons. The van der Waals surface area contributed by atoms with Crippen LogP contribution in [-0.4, -0.2) is 17.9 Å². The van der Waals surface area contributed by atoms with Crippen molar-refractivity contribution in [2.75, 3.05) is 0 Å². The monoisotopic (exact) mass is 252 g/mol. The predicted octanol–water partition coefficient (Wildman–Crippen LogP) is 3.17. The number of ether oxygens (including phenoxy) is 2. The highest BCUT2D eigenvalue weighted by atomic mass is 35.5. The molecule has 1 aromatic rings. The summed E-state index contributed by atoms with van der Waals surface area (Å²) in [5.74, 6) is -0.944. The second-order valence-electron chi connectivity index (χ2n) is 4.56. The van der Waals surface area contributed by atoms with Crippen LogP contribution in [0.3, 0.4) is 0 Å². The van der Waals surface area contributed by atoms with E-state index in [0.29, 0.717) is 10.6 Å². The Hall–Kier alpha value is -1.06. The van der Waals surface area contributed by atoms with Gasteiger partial charge in [0.1, 0.15) is 6.10 Å². The van der Waals surface area contributed by atoms with E-state index < -0.39 is 5.79 Å². The summed E-state index contributed by atoms with van der Waals surface area (Å²) in [6, 6.07) is 6.70. The smallest absolute Gasteiger partial charge is 0.340 e. The Bertz CT molecular complexity index is 442. The van der Waals surface area contributed by atoms with E-state index in [-0.39, 0.29) is 12.1 Å². The first kappa shape index (κ1) is 11.1. The fourth-order valence-corrected chi connectivity index (χ4v) is 2.48. The number of esters is 1. The van der Waals surface area contributed by atoms with Crippen molar-refractivity contribution in [2.45, 2.75) is 37.6 Å². The molecular weight excluding hydrogens is 240 g/mol. The largest absolute Gasteiger partial charge is 0.427 e. The van der Waals surface area contributed by atoms with Gasteiger partial charge in [0.15, 0.2) is 0 Å². The summed E-state index contributed by atoms with van der Waals surface area (Å²) >= 11 is 5.77. The molecule has 0 aromatic heterocycles. The molecule has 0 bridgehead atoms. The summed E-state index contributed by atoms with van der Waals surface area (Å²) in [5, 5.41) is 0.609. The molecule has 4 heteroatoms. The van der Waals surface area contributed by atoms with Gasteiger partial charge in [-0.3, -0.25) is 0 Å². The van der Waals surface area contributed by atoms with Crippen molar-refractivity contribution in [1.82, 2.24) is 0 Å². The maximum Gasteiger partial charge on any atom is 0.340 e. The topological polar surface area (TPSA) is 38.8 Å². The fraction of sp³-hybridized carbons (Fsp3) is 0.462. The van der Waals surface area contributed by atoms with Crippen LogP contribution in [0.5, 0.6) is 0 Å². The van der Waals surface area contributed by atoms with Gasteiger partial charge in [-0.2, -0.15) is 0 Å². The molecule has 1 heterocycles. The van der Waals surface area contributed by atoms with Crippen LogP contribution in [0.1, 0.15) is 36.0 Å². The SMILES string of the molecule is O=C(OC12CCCCC1O2)c1ccc(Cl)cc1. The van der Waals surface area contributed by atoms with Crippen LogP contribution < -0.4 is 0 Å². The number of rotatable bonds is 2. The van der Waals surface area contributed by atoms with Crippen LogP contribution >= 0.6 is 11.6 Å². The molecule has 3 nitrogen and oxygen atoms in total. The van der Waals surface area contributed by atoms with Gasteiger partial charge in [-0.05, 0) is 37.1 Å². The third-order valence-corrected chi connectivity index (χ3v) is 3.61. The number of hydrogen-bond acceptors (Lipinski definition) is 3. The lowest BCUT2D eigenvalue weighted by Crippen LogP contribution is -2.26. The van der Waals surface area contributed by atoms with Gasteiger partial charge in [-0.25, -0.2) is 4.79 Å². The standard InChI is InChI=1S/C13H13ClO3/c14-10-6-4-9(5-7-10)12(15)17-13-8-2-1-3-11(13)16-13/h4-7,11H,1-3,8H2. The molecule has 0 spiro atoms. The lowest BCUT2D eigenvalue weighted by atomic mass is 9.98. The molecule has 1 aliphatic heterocycles. The zero-order chi connectivity index (χ0) is 11.9. The van der Waals surface area contributed by atoms with Crippen LogP contribution in [0.4, 0.5) is 0 Å². The highest BCUT2D eigenvalue weighted by Gasteiger charge is 2.61. The number of fused-ring (bicyclic) bond motifs is 1. The van der Waals surface area contributed by atoms with E-state index in [9.17, 15) is 4.79 Å². The lowest BCUT2D eigenvalue weighted by molar-refractivity contribution is -0.0245. The Morgan fingerprint density at radius 2 is 2.12 bits per heavy atom. The van der Waals surface area contributed by atoms with E-state index in [4.69, 9.17) is 21.1 Å². The van der Waals surface area contributed by atoms with Gasteiger partial charge < -0.3 is 9.47 Å². The number of carbonyl (C=O) groups is 1. The van der Waals surface area contributed by atoms with Crippen molar-refractivity contribution in [3.05, 3.63) is 34.9 Å². The first-order valence-corrected chi connectivity index (χ1v) is 6.24. The number of hydrogen-bond donors (Lipinski definition) is 0. The zero-order valence-electron chi connectivity index (χ0n) is 9.32. The first-order chi connectivity index (χ1) is 8.20. The minimum absolute atomic E-state index is 0.118. The average molecular weight is 253 g/mol. The summed E-state index contributed by atoms with van der Waals surface area (Å²) in [6.07, 6.45) is 4.15. The van der Waals surface area contributed by atoms with Gasteiger partial charge in [0, 0.05) is 11.4 Å². The molecular formula is C13H13ClO3. The molecule has 1 saturated carbocycles. The number of epoxide rings is 1. The summed E-state index contributed by atoms with van der Waals surface area (Å²) in [4.78, 5) is 11.9. The third-order valence-electron chi connectivity index (χ3n) is 3.36. The van der Waals surface area contributed by atoms with Crippen LogP contribution in [0.25, 0.3) is 0 Å². The van der Waals surface area contributed by atoms with E-state index in [2.05, 4.69) is 0 Å². The number of halogens is 1. The molecule has 2 unspecified atom stereocenters. The number of benzene rings is 1. The Labute approximate surface area is 105 Å². The van der Waals surface area contributed by atoms with E-state index >= 15 is 0 Å². The van der Waals surface area contributed by atoms with Gasteiger partial charge >= 0.3 is 5.97 Å². The van der Waals surface area contributed by atoms with Crippen LogP contribution in [0.15, 0.2) is 24.3 Å². The molecule has 2 atom stereocenters. The molecule has 1 aromatic carbocycles. The Kier molecular flexibility index (Phi) is 2.60. The number of carbonyl (C=O) groups excluding carboxylic acids is 1. The Morgan fingerprint density at radius 3 is 2.82 bits per heavy atom. The van der Waals surface area contributed by atoms with Crippen LogP contribution in [-0.2, 0) is 9.47 Å². The van der Waals surface area contributed by atoms with Gasteiger partial charge in [-0.1, -0.05) is 18.0 Å². The van der Waals surface area contributed by atoms with Gasteiger partial charge in [0.05, 0.1) is 5.56 Å². The predicted molar refractivity (Wildman–Crippen MR) is 62.9 cm³/mol. The quantitative estimate of drug-likeness (QED) is 0.599. The Balaban J connectivity index is 1.70. The second kappa shape index (κ2) is 4.00. The second-order valence-corrected chi connectivity index (χ2v) is 5.00. The van der Waals surface area contributed by atoms with E-state index in [1.165, 1.54) is 0 Å². The third kappa shape index (κ3) is 2.05. The van der Waals surface area contributed by atoms with E-state index in [1.54, 1.807) is 24.3 Å². The maximum absolute atomic E-state index is 11.9. The summed E-state index contributed by atoms with van der Waals surface area (Å²) < 4.78 is 11.0. The molecule has 2 aliphatic rings. The van der Waals surface area contributed by atoms with Crippen molar-refractivity contribution in [3.63, 3.8) is 0 Å². The molecule has 1 aliphatic carbocycles. The fourth-order valence-electron chi connectivity index (χ4n) is 2.35. The molecule has 17 heavy (non-hydrogen) atoms. The molecule has 0 N–H and O–H groups in total. The highest BCUT2D eigenvalue weighted by molar-refractivity contribution is 6.30. The minimum Gasteiger partial charge on any atom is -0.427 e. The summed E-state index contributed by atoms with van der Waals surface area (Å²) in [6.45, 7) is 0. The highest BCUT2D eigenvalue weighted by Crippen LogP contribution is 2.48. The lowest BCUT2D eigenvalue weighted by Gasteiger charge is -2.17. The molecule has 2 fully saturated rings. The average Bonchev–Trinajstić information content (AvgIpc) is 3.03. The molecule has 1 saturated heterocycles. The zero-order valence-corrected chi connectivity index (χ0v) is 10.1. The minimum atomic E-state index is -0.616. The van der Waals surface area contributed by atoms with Crippen molar-refractivity contribution in [3.8, 4) is 0 Å². The summed E-state index contributed by atoms with van der Waals surface area (Å²) in [5.41, 5.74) is 0.517. The van der Waals surface area contributed by atoms with Crippen LogP contribution in [0.2, 0.25) is 5.02 Å². The van der Waals surface area contributed by atoms with E-state index in [1.807, 2.05) is 0 Å².